The van der Waals surface area contributed by atoms with Crippen LogP contribution in [0.25, 0.3) is 0 Å². The fraction of sp³-hybridized carbons (Fsp3) is 0.360. The Kier molecular flexibility index (Phi) is 9.65. The van der Waals surface area contributed by atoms with E-state index in [2.05, 4.69) is 22.1 Å². The monoisotopic (exact) mass is 473 g/mol. The van der Waals surface area contributed by atoms with Crippen molar-refractivity contribution >= 4 is 28.8 Å². The fourth-order valence-electron chi connectivity index (χ4n) is 3.43. The fourth-order valence-corrected chi connectivity index (χ4v) is 4.46. The Morgan fingerprint density at radius 2 is 1.84 bits per heavy atom. The number of rotatable bonds is 12. The number of carbonyl (C=O) groups is 1. The van der Waals surface area contributed by atoms with Crippen molar-refractivity contribution in [3.8, 4) is 0 Å². The molecular formula is C25H29ClFN3OS. The van der Waals surface area contributed by atoms with Gasteiger partial charge in [-0.05, 0) is 41.8 Å². The van der Waals surface area contributed by atoms with Crippen LogP contribution in [0.1, 0.15) is 59.2 Å². The molecule has 0 spiro atoms. The summed E-state index contributed by atoms with van der Waals surface area (Å²) in [4.78, 5) is 19.2. The van der Waals surface area contributed by atoms with Crippen LogP contribution in [0.3, 0.4) is 0 Å². The molecule has 0 atom stereocenters. The number of hydrogen-bond acceptors (Lipinski definition) is 4. The van der Waals surface area contributed by atoms with E-state index in [1.807, 2.05) is 29.6 Å². The Bertz CT molecular complexity index is 993. The van der Waals surface area contributed by atoms with Crippen LogP contribution >= 0.6 is 22.9 Å². The highest BCUT2D eigenvalue weighted by atomic mass is 35.5. The number of hydrogen-bond donors (Lipinski definition) is 1. The number of thiazole rings is 1. The molecule has 1 N–H and O–H groups in total. The Labute approximate surface area is 198 Å². The predicted octanol–water partition coefficient (Wildman–Crippen LogP) is 6.45. The number of nitrogens with zero attached hydrogens (tertiary/aromatic N) is 2. The number of halogens is 2. The van der Waals surface area contributed by atoms with Gasteiger partial charge in [0.1, 0.15) is 16.5 Å². The second-order valence-electron chi connectivity index (χ2n) is 7.84. The molecule has 4 nitrogen and oxygen atoms in total. The Morgan fingerprint density at radius 1 is 1.06 bits per heavy atom. The molecule has 1 amide bonds. The summed E-state index contributed by atoms with van der Waals surface area (Å²) >= 11 is 7.64. The van der Waals surface area contributed by atoms with Gasteiger partial charge in [0.2, 0.25) is 0 Å². The van der Waals surface area contributed by atoms with Gasteiger partial charge in [-0.15, -0.1) is 11.3 Å². The lowest BCUT2D eigenvalue weighted by Crippen LogP contribution is -2.25. The highest BCUT2D eigenvalue weighted by molar-refractivity contribution is 7.09. The maximum atomic E-state index is 13.3. The molecule has 0 saturated heterocycles. The summed E-state index contributed by atoms with van der Waals surface area (Å²) in [7, 11) is 0. The summed E-state index contributed by atoms with van der Waals surface area (Å²) < 4.78 is 13.3. The quantitative estimate of drug-likeness (QED) is 0.307. The van der Waals surface area contributed by atoms with Crippen LogP contribution in [-0.2, 0) is 19.6 Å². The molecule has 0 aliphatic heterocycles. The third-order valence-corrected chi connectivity index (χ3v) is 6.14. The highest BCUT2D eigenvalue weighted by Gasteiger charge is 2.14. The molecule has 0 bridgehead atoms. The molecule has 1 aromatic heterocycles. The first-order valence-corrected chi connectivity index (χ1v) is 12.2. The maximum absolute atomic E-state index is 13.3. The lowest BCUT2D eigenvalue weighted by atomic mass is 10.1. The van der Waals surface area contributed by atoms with E-state index in [9.17, 15) is 9.18 Å². The molecule has 3 rings (SSSR count). The van der Waals surface area contributed by atoms with E-state index in [1.165, 1.54) is 36.3 Å². The molecule has 1 heterocycles. The summed E-state index contributed by atoms with van der Waals surface area (Å²) in [6.07, 6.45) is 4.48. The van der Waals surface area contributed by atoms with Crippen molar-refractivity contribution in [2.75, 3.05) is 6.54 Å². The van der Waals surface area contributed by atoms with Gasteiger partial charge < -0.3 is 5.32 Å². The van der Waals surface area contributed by atoms with Gasteiger partial charge in [0, 0.05) is 30.0 Å². The van der Waals surface area contributed by atoms with Crippen molar-refractivity contribution in [2.24, 2.45) is 0 Å². The number of unbranched alkanes of at least 4 members (excludes halogenated alkanes) is 3. The van der Waals surface area contributed by atoms with Gasteiger partial charge in [-0.3, -0.25) is 9.69 Å². The van der Waals surface area contributed by atoms with E-state index in [-0.39, 0.29) is 11.7 Å². The summed E-state index contributed by atoms with van der Waals surface area (Å²) in [5.41, 5.74) is 2.56. The molecule has 7 heteroatoms. The largest absolute Gasteiger partial charge is 0.351 e. The van der Waals surface area contributed by atoms with Gasteiger partial charge in [-0.25, -0.2) is 9.37 Å². The normalized spacial score (nSPS) is 11.1. The third-order valence-electron chi connectivity index (χ3n) is 5.07. The summed E-state index contributed by atoms with van der Waals surface area (Å²) in [5.74, 6) is -0.371. The SMILES string of the molecule is CCCCCCNC(=O)c1csc(CN(Cc2ccc(F)cc2)Cc2cccc(Cl)c2)n1. The summed E-state index contributed by atoms with van der Waals surface area (Å²) in [6.45, 7) is 4.72. The second-order valence-corrected chi connectivity index (χ2v) is 9.22. The Morgan fingerprint density at radius 3 is 2.59 bits per heavy atom. The predicted molar refractivity (Wildman–Crippen MR) is 129 cm³/mol. The van der Waals surface area contributed by atoms with Crippen molar-refractivity contribution in [3.63, 3.8) is 0 Å². The Hall–Kier alpha value is -2.28. The lowest BCUT2D eigenvalue weighted by Gasteiger charge is -2.21. The number of carbonyl (C=O) groups excluding carboxylic acids is 1. The van der Waals surface area contributed by atoms with E-state index in [0.717, 1.165) is 29.0 Å². The molecule has 170 valence electrons. The van der Waals surface area contributed by atoms with Crippen LogP contribution in [0.4, 0.5) is 4.39 Å². The number of benzene rings is 2. The molecule has 0 fully saturated rings. The highest BCUT2D eigenvalue weighted by Crippen LogP contribution is 2.19. The molecule has 0 unspecified atom stereocenters. The van der Waals surface area contributed by atoms with Crippen LogP contribution < -0.4 is 5.32 Å². The first-order valence-electron chi connectivity index (χ1n) is 11.0. The summed E-state index contributed by atoms with van der Waals surface area (Å²) in [5, 5.41) is 6.33. The van der Waals surface area contributed by atoms with Crippen LogP contribution in [0, 0.1) is 5.82 Å². The molecule has 0 saturated carbocycles. The first-order chi connectivity index (χ1) is 15.5. The van der Waals surface area contributed by atoms with E-state index < -0.39 is 0 Å². The minimum atomic E-state index is -0.250. The van der Waals surface area contributed by atoms with Crippen LogP contribution in [-0.4, -0.2) is 22.3 Å². The lowest BCUT2D eigenvalue weighted by molar-refractivity contribution is 0.0948. The standard InChI is InChI=1S/C25H29ClFN3OS/c1-2-3-4-5-13-28-25(31)23-18-32-24(29-23)17-30(15-19-9-11-22(27)12-10-19)16-20-7-6-8-21(26)14-20/h6-12,14,18H,2-5,13,15-17H2,1H3,(H,28,31). The number of aromatic nitrogens is 1. The topological polar surface area (TPSA) is 45.2 Å². The van der Waals surface area contributed by atoms with E-state index in [1.54, 1.807) is 12.1 Å². The summed E-state index contributed by atoms with van der Waals surface area (Å²) in [6, 6.07) is 14.3. The minimum absolute atomic E-state index is 0.121. The van der Waals surface area contributed by atoms with E-state index in [0.29, 0.717) is 36.9 Å². The van der Waals surface area contributed by atoms with Crippen molar-refractivity contribution in [2.45, 2.75) is 52.2 Å². The molecule has 32 heavy (non-hydrogen) atoms. The van der Waals surface area contributed by atoms with Crippen LogP contribution in [0.15, 0.2) is 53.9 Å². The smallest absolute Gasteiger partial charge is 0.270 e. The molecule has 2 aromatic carbocycles. The van der Waals surface area contributed by atoms with Gasteiger partial charge in [0.15, 0.2) is 0 Å². The molecular weight excluding hydrogens is 445 g/mol. The maximum Gasteiger partial charge on any atom is 0.270 e. The average molecular weight is 474 g/mol. The first kappa shape index (κ1) is 24.4. The zero-order valence-corrected chi connectivity index (χ0v) is 19.9. The minimum Gasteiger partial charge on any atom is -0.351 e. The number of amides is 1. The third kappa shape index (κ3) is 8.01. The van der Waals surface area contributed by atoms with Crippen molar-refractivity contribution < 1.29 is 9.18 Å². The number of nitrogens with one attached hydrogen (secondary N) is 1. The van der Waals surface area contributed by atoms with Crippen LogP contribution in [0.2, 0.25) is 5.02 Å². The molecule has 3 aromatic rings. The molecule has 0 radical (unpaired) electrons. The second kappa shape index (κ2) is 12.7. The van der Waals surface area contributed by atoms with Crippen molar-refractivity contribution in [1.82, 2.24) is 15.2 Å². The van der Waals surface area contributed by atoms with Crippen molar-refractivity contribution in [1.29, 1.82) is 0 Å². The zero-order valence-electron chi connectivity index (χ0n) is 18.3. The molecule has 0 aliphatic carbocycles. The molecule has 0 aliphatic rings. The van der Waals surface area contributed by atoms with Gasteiger partial charge in [0.25, 0.3) is 5.91 Å². The van der Waals surface area contributed by atoms with Gasteiger partial charge in [-0.1, -0.05) is 62.1 Å². The van der Waals surface area contributed by atoms with Crippen molar-refractivity contribution in [3.05, 3.63) is 86.6 Å². The van der Waals surface area contributed by atoms with Gasteiger partial charge in [0.05, 0.1) is 6.54 Å². The van der Waals surface area contributed by atoms with Gasteiger partial charge in [-0.2, -0.15) is 0 Å². The van der Waals surface area contributed by atoms with E-state index in [4.69, 9.17) is 11.6 Å². The van der Waals surface area contributed by atoms with Gasteiger partial charge >= 0.3 is 0 Å². The van der Waals surface area contributed by atoms with E-state index >= 15 is 0 Å². The zero-order chi connectivity index (χ0) is 22.8. The Balaban J connectivity index is 1.64. The average Bonchev–Trinajstić information content (AvgIpc) is 3.24. The van der Waals surface area contributed by atoms with Crippen LogP contribution in [0.5, 0.6) is 0 Å².